The second-order valence-corrected chi connectivity index (χ2v) is 4.68. The molecule has 2 aliphatic rings. The maximum absolute atomic E-state index is 4.10. The van der Waals surface area contributed by atoms with Gasteiger partial charge in [0.15, 0.2) is 0 Å². The van der Waals surface area contributed by atoms with Gasteiger partial charge in [0.05, 0.1) is 0 Å². The molecule has 0 N–H and O–H groups in total. The van der Waals surface area contributed by atoms with Crippen LogP contribution in [-0.4, -0.2) is 0 Å². The van der Waals surface area contributed by atoms with E-state index in [1.807, 2.05) is 0 Å². The minimum absolute atomic E-state index is 0.631. The predicted octanol–water partition coefficient (Wildman–Crippen LogP) is 3.00. The Morgan fingerprint density at radius 2 is 2.20 bits per heavy atom. The molecule has 0 aromatic carbocycles. The summed E-state index contributed by atoms with van der Waals surface area (Å²) < 4.78 is 0. The lowest BCUT2D eigenvalue weighted by Crippen LogP contribution is -2.20. The smallest absolute Gasteiger partial charge is 0.0198 e. The van der Waals surface area contributed by atoms with Gasteiger partial charge in [-0.1, -0.05) is 26.0 Å². The topological polar surface area (TPSA) is 0 Å². The summed E-state index contributed by atoms with van der Waals surface area (Å²) in [6.45, 7) is 8.92. The number of rotatable bonds is 0. The Hall–Kier alpha value is -0.260. The zero-order valence-electron chi connectivity index (χ0n) is 6.98. The first-order valence-corrected chi connectivity index (χ1v) is 4.27. The highest BCUT2D eigenvalue weighted by Crippen LogP contribution is 2.57. The molecule has 2 atom stereocenters. The van der Waals surface area contributed by atoms with Crippen molar-refractivity contribution in [1.29, 1.82) is 0 Å². The zero-order valence-corrected chi connectivity index (χ0v) is 6.98. The second kappa shape index (κ2) is 1.66. The highest BCUT2D eigenvalue weighted by atomic mass is 14.5. The van der Waals surface area contributed by atoms with E-state index in [1.165, 1.54) is 24.8 Å². The van der Waals surface area contributed by atoms with E-state index in [1.54, 1.807) is 0 Å². The van der Waals surface area contributed by atoms with E-state index in [0.717, 1.165) is 11.8 Å². The van der Waals surface area contributed by atoms with Crippen molar-refractivity contribution in [1.82, 2.24) is 0 Å². The first kappa shape index (κ1) is 6.45. The van der Waals surface area contributed by atoms with Crippen molar-refractivity contribution >= 4 is 0 Å². The van der Waals surface area contributed by atoms with Gasteiger partial charge < -0.3 is 0 Å². The normalized spacial score (nSPS) is 42.8. The van der Waals surface area contributed by atoms with E-state index in [4.69, 9.17) is 0 Å². The predicted molar refractivity (Wildman–Crippen MR) is 43.8 cm³/mol. The van der Waals surface area contributed by atoms with Crippen molar-refractivity contribution in [2.24, 2.45) is 17.3 Å². The molecule has 0 spiro atoms. The molecule has 0 aromatic rings. The molecule has 2 fully saturated rings. The monoisotopic (exact) mass is 136 g/mol. The van der Waals surface area contributed by atoms with Gasteiger partial charge in [-0.15, -0.1) is 0 Å². The first-order chi connectivity index (χ1) is 4.59. The Balaban J connectivity index is 2.24. The summed E-state index contributed by atoms with van der Waals surface area (Å²) in [7, 11) is 0. The van der Waals surface area contributed by atoms with Crippen LogP contribution in [0.3, 0.4) is 0 Å². The SMILES string of the molecule is C=C1C[C@H]2C[C@@H]1CC2(C)C. The van der Waals surface area contributed by atoms with E-state index in [9.17, 15) is 0 Å². The van der Waals surface area contributed by atoms with Crippen molar-refractivity contribution in [2.75, 3.05) is 0 Å². The van der Waals surface area contributed by atoms with Crippen molar-refractivity contribution in [2.45, 2.75) is 33.1 Å². The number of hydrogen-bond acceptors (Lipinski definition) is 0. The van der Waals surface area contributed by atoms with Crippen molar-refractivity contribution in [3.63, 3.8) is 0 Å². The van der Waals surface area contributed by atoms with Gasteiger partial charge in [-0.05, 0) is 36.5 Å². The summed E-state index contributed by atoms with van der Waals surface area (Å²) in [5.41, 5.74) is 2.16. The van der Waals surface area contributed by atoms with Gasteiger partial charge in [-0.25, -0.2) is 0 Å². The van der Waals surface area contributed by atoms with Gasteiger partial charge in [0, 0.05) is 0 Å². The van der Waals surface area contributed by atoms with Crippen molar-refractivity contribution < 1.29 is 0 Å². The van der Waals surface area contributed by atoms with E-state index < -0.39 is 0 Å². The lowest BCUT2D eigenvalue weighted by Gasteiger charge is -2.30. The van der Waals surface area contributed by atoms with Crippen molar-refractivity contribution in [3.05, 3.63) is 12.2 Å². The second-order valence-electron chi connectivity index (χ2n) is 4.68. The maximum Gasteiger partial charge on any atom is -0.0198 e. The summed E-state index contributed by atoms with van der Waals surface area (Å²) >= 11 is 0. The molecule has 0 amide bonds. The van der Waals surface area contributed by atoms with Crippen molar-refractivity contribution in [3.8, 4) is 0 Å². The third-order valence-electron chi connectivity index (χ3n) is 3.53. The molecular weight excluding hydrogens is 120 g/mol. The minimum atomic E-state index is 0.631. The number of hydrogen-bond donors (Lipinski definition) is 0. The highest BCUT2D eigenvalue weighted by molar-refractivity contribution is 5.16. The molecule has 56 valence electrons. The largest absolute Gasteiger partial charge is 0.0996 e. The van der Waals surface area contributed by atoms with Crippen LogP contribution in [0.4, 0.5) is 0 Å². The first-order valence-electron chi connectivity index (χ1n) is 4.27. The molecule has 0 nitrogen and oxygen atoms in total. The molecule has 0 unspecified atom stereocenters. The highest BCUT2D eigenvalue weighted by Gasteiger charge is 2.46. The molecule has 10 heavy (non-hydrogen) atoms. The van der Waals surface area contributed by atoms with Crippen LogP contribution in [0.5, 0.6) is 0 Å². The third kappa shape index (κ3) is 0.680. The van der Waals surface area contributed by atoms with E-state index in [2.05, 4.69) is 20.4 Å². The quantitative estimate of drug-likeness (QED) is 0.449. The third-order valence-corrected chi connectivity index (χ3v) is 3.53. The molecule has 2 rings (SSSR count). The maximum atomic E-state index is 4.10. The Kier molecular flexibility index (Phi) is 1.07. The Morgan fingerprint density at radius 3 is 2.50 bits per heavy atom. The van der Waals surface area contributed by atoms with Crippen LogP contribution in [0, 0.1) is 17.3 Å². The summed E-state index contributed by atoms with van der Waals surface area (Å²) in [6, 6.07) is 0. The average molecular weight is 136 g/mol. The van der Waals surface area contributed by atoms with Crippen LogP contribution in [0.15, 0.2) is 12.2 Å². The molecule has 0 aromatic heterocycles. The molecule has 2 saturated carbocycles. The van der Waals surface area contributed by atoms with Gasteiger partial charge >= 0.3 is 0 Å². The van der Waals surface area contributed by atoms with Gasteiger partial charge in [-0.2, -0.15) is 0 Å². The van der Waals surface area contributed by atoms with Crippen LogP contribution in [0.25, 0.3) is 0 Å². The van der Waals surface area contributed by atoms with Crippen LogP contribution in [-0.2, 0) is 0 Å². The fourth-order valence-electron chi connectivity index (χ4n) is 2.70. The standard InChI is InChI=1S/C10H16/c1-7-4-9-5-8(7)6-10(9,2)3/h8-9H,1,4-6H2,2-3H3/t8-,9+/m1/s1. The molecular formula is C10H16. The molecule has 2 aliphatic carbocycles. The van der Waals surface area contributed by atoms with E-state index in [-0.39, 0.29) is 0 Å². The van der Waals surface area contributed by atoms with Crippen LogP contribution < -0.4 is 0 Å². The number of fused-ring (bicyclic) bond motifs is 2. The van der Waals surface area contributed by atoms with Gasteiger partial charge in [0.25, 0.3) is 0 Å². The molecule has 0 radical (unpaired) electrons. The van der Waals surface area contributed by atoms with Gasteiger partial charge in [0.2, 0.25) is 0 Å². The molecule has 0 heterocycles. The summed E-state index contributed by atoms with van der Waals surface area (Å²) in [5.74, 6) is 1.85. The lowest BCUT2D eigenvalue weighted by molar-refractivity contribution is 0.243. The van der Waals surface area contributed by atoms with Crippen LogP contribution in [0.1, 0.15) is 33.1 Å². The Morgan fingerprint density at radius 1 is 1.50 bits per heavy atom. The van der Waals surface area contributed by atoms with Crippen LogP contribution >= 0.6 is 0 Å². The summed E-state index contributed by atoms with van der Waals surface area (Å²) in [4.78, 5) is 0. The van der Waals surface area contributed by atoms with Gasteiger partial charge in [-0.3, -0.25) is 0 Å². The van der Waals surface area contributed by atoms with Crippen LogP contribution in [0.2, 0.25) is 0 Å². The zero-order chi connectivity index (χ0) is 7.35. The number of allylic oxidation sites excluding steroid dienone is 1. The molecule has 0 heteroatoms. The fourth-order valence-corrected chi connectivity index (χ4v) is 2.70. The van der Waals surface area contributed by atoms with Gasteiger partial charge in [0.1, 0.15) is 0 Å². The fraction of sp³-hybridized carbons (Fsp3) is 0.800. The minimum Gasteiger partial charge on any atom is -0.0996 e. The molecule has 0 saturated heterocycles. The molecule has 0 aliphatic heterocycles. The summed E-state index contributed by atoms with van der Waals surface area (Å²) in [5, 5.41) is 0. The lowest BCUT2D eigenvalue weighted by atomic mass is 9.75. The van der Waals surface area contributed by atoms with E-state index >= 15 is 0 Å². The average Bonchev–Trinajstić information content (AvgIpc) is 2.21. The summed E-state index contributed by atoms with van der Waals surface area (Å²) in [6.07, 6.45) is 4.15. The Bertz CT molecular complexity index is 176. The molecule has 2 bridgehead atoms. The van der Waals surface area contributed by atoms with E-state index in [0.29, 0.717) is 5.41 Å². The Labute approximate surface area is 63.3 Å².